The molecule has 3 rings (SSSR count). The molecule has 0 amide bonds. The Bertz CT molecular complexity index is 498. The molecule has 0 radical (unpaired) electrons. The molecule has 1 fully saturated rings. The highest BCUT2D eigenvalue weighted by molar-refractivity contribution is 5.89. The molecule has 0 saturated carbocycles. The van der Waals surface area contributed by atoms with Gasteiger partial charge in [0.15, 0.2) is 0 Å². The van der Waals surface area contributed by atoms with Gasteiger partial charge in [-0.1, -0.05) is 6.07 Å². The molecule has 0 unspecified atom stereocenters. The second-order valence-electron chi connectivity index (χ2n) is 4.47. The average Bonchev–Trinajstić information content (AvgIpc) is 2.75. The Morgan fingerprint density at radius 2 is 2.00 bits per heavy atom. The Balaban J connectivity index is 2.09. The number of fused-ring (bicyclic) bond motifs is 1. The van der Waals surface area contributed by atoms with Gasteiger partial charge in [-0.2, -0.15) is 0 Å². The normalized spacial score (nSPS) is 18.0. The number of rotatable bonds is 1. The van der Waals surface area contributed by atoms with Crippen LogP contribution >= 0.6 is 0 Å². The van der Waals surface area contributed by atoms with E-state index in [1.807, 2.05) is 12.1 Å². The van der Waals surface area contributed by atoms with Gasteiger partial charge < -0.3 is 15.4 Å². The molecule has 2 aromatic rings. The first-order chi connectivity index (χ1) is 7.86. The van der Waals surface area contributed by atoms with Crippen LogP contribution in [-0.2, 0) is 0 Å². The van der Waals surface area contributed by atoms with Crippen molar-refractivity contribution in [3.05, 3.63) is 30.0 Å². The number of piperidine rings is 1. The van der Waals surface area contributed by atoms with E-state index in [1.165, 1.54) is 5.56 Å². The first-order valence-electron chi connectivity index (χ1n) is 5.86. The summed E-state index contributed by atoms with van der Waals surface area (Å²) in [7, 11) is 0. The lowest BCUT2D eigenvalue weighted by molar-refractivity contribution is 0.458. The number of aromatic amines is 1. The molecule has 16 heavy (non-hydrogen) atoms. The van der Waals surface area contributed by atoms with Crippen LogP contribution in [0, 0.1) is 0 Å². The summed E-state index contributed by atoms with van der Waals surface area (Å²) in [5, 5.41) is 14.3. The molecule has 3 N–H and O–H groups in total. The van der Waals surface area contributed by atoms with Crippen LogP contribution in [0.25, 0.3) is 10.9 Å². The van der Waals surface area contributed by atoms with Crippen molar-refractivity contribution < 1.29 is 5.11 Å². The van der Waals surface area contributed by atoms with Crippen LogP contribution in [0.5, 0.6) is 5.75 Å². The third-order valence-electron chi connectivity index (χ3n) is 3.49. The van der Waals surface area contributed by atoms with Gasteiger partial charge in [-0.15, -0.1) is 0 Å². The summed E-state index contributed by atoms with van der Waals surface area (Å²) in [6.45, 7) is 2.15. The molecule has 1 saturated heterocycles. The standard InChI is InChI=1S/C13H16N2O/c16-12-3-1-2-11-13(12)10(8-15-11)9-4-6-14-7-5-9/h1-3,8-9,14-16H,4-7H2. The molecular weight excluding hydrogens is 200 g/mol. The van der Waals surface area contributed by atoms with E-state index in [4.69, 9.17) is 0 Å². The van der Waals surface area contributed by atoms with Gasteiger partial charge in [-0.05, 0) is 49.5 Å². The van der Waals surface area contributed by atoms with E-state index in [2.05, 4.69) is 16.5 Å². The molecule has 1 aliphatic rings. The van der Waals surface area contributed by atoms with Crippen molar-refractivity contribution in [1.82, 2.24) is 10.3 Å². The van der Waals surface area contributed by atoms with Crippen LogP contribution in [-0.4, -0.2) is 23.2 Å². The van der Waals surface area contributed by atoms with Crippen LogP contribution in [0.4, 0.5) is 0 Å². The van der Waals surface area contributed by atoms with Gasteiger partial charge in [0.05, 0.1) is 0 Å². The molecule has 0 spiro atoms. The highest BCUT2D eigenvalue weighted by Gasteiger charge is 2.19. The van der Waals surface area contributed by atoms with Crippen LogP contribution in [0.1, 0.15) is 24.3 Å². The predicted molar refractivity (Wildman–Crippen MR) is 64.8 cm³/mol. The van der Waals surface area contributed by atoms with Gasteiger partial charge in [0.25, 0.3) is 0 Å². The molecule has 1 aromatic heterocycles. The van der Waals surface area contributed by atoms with Gasteiger partial charge in [-0.25, -0.2) is 0 Å². The number of aromatic nitrogens is 1. The summed E-state index contributed by atoms with van der Waals surface area (Å²) in [6.07, 6.45) is 4.36. The molecule has 0 aliphatic carbocycles. The Hall–Kier alpha value is -1.48. The SMILES string of the molecule is Oc1cccc2[nH]cc(C3CCNCC3)c12. The van der Waals surface area contributed by atoms with Crippen molar-refractivity contribution in [3.63, 3.8) is 0 Å². The second kappa shape index (κ2) is 3.83. The highest BCUT2D eigenvalue weighted by Crippen LogP contribution is 2.35. The lowest BCUT2D eigenvalue weighted by Gasteiger charge is -2.22. The van der Waals surface area contributed by atoms with E-state index in [0.29, 0.717) is 11.7 Å². The maximum atomic E-state index is 9.94. The Kier molecular flexibility index (Phi) is 2.33. The zero-order chi connectivity index (χ0) is 11.0. The summed E-state index contributed by atoms with van der Waals surface area (Å²) in [5.74, 6) is 0.968. The van der Waals surface area contributed by atoms with E-state index in [1.54, 1.807) is 6.07 Å². The maximum Gasteiger partial charge on any atom is 0.125 e. The molecule has 1 aliphatic heterocycles. The van der Waals surface area contributed by atoms with Crippen LogP contribution in [0.15, 0.2) is 24.4 Å². The zero-order valence-corrected chi connectivity index (χ0v) is 9.16. The molecule has 0 atom stereocenters. The fourth-order valence-electron chi connectivity index (χ4n) is 2.65. The summed E-state index contributed by atoms with van der Waals surface area (Å²) in [6, 6.07) is 5.65. The molecule has 3 heteroatoms. The van der Waals surface area contributed by atoms with Gasteiger partial charge in [0.2, 0.25) is 0 Å². The second-order valence-corrected chi connectivity index (χ2v) is 4.47. The van der Waals surface area contributed by atoms with Gasteiger partial charge in [0.1, 0.15) is 5.75 Å². The number of nitrogens with one attached hydrogen (secondary N) is 2. The Morgan fingerprint density at radius 3 is 2.81 bits per heavy atom. The van der Waals surface area contributed by atoms with E-state index >= 15 is 0 Å². The average molecular weight is 216 g/mol. The van der Waals surface area contributed by atoms with Crippen molar-refractivity contribution in [3.8, 4) is 5.75 Å². The highest BCUT2D eigenvalue weighted by atomic mass is 16.3. The number of benzene rings is 1. The topological polar surface area (TPSA) is 48.0 Å². The lowest BCUT2D eigenvalue weighted by atomic mass is 9.90. The van der Waals surface area contributed by atoms with E-state index < -0.39 is 0 Å². The number of phenols is 1. The Morgan fingerprint density at radius 1 is 1.19 bits per heavy atom. The molecule has 84 valence electrons. The number of hydrogen-bond acceptors (Lipinski definition) is 2. The minimum absolute atomic E-state index is 0.396. The maximum absolute atomic E-state index is 9.94. The van der Waals surface area contributed by atoms with Crippen molar-refractivity contribution in [2.75, 3.05) is 13.1 Å². The van der Waals surface area contributed by atoms with Crippen LogP contribution in [0.3, 0.4) is 0 Å². The van der Waals surface area contributed by atoms with Crippen molar-refractivity contribution >= 4 is 10.9 Å². The van der Waals surface area contributed by atoms with Gasteiger partial charge >= 0.3 is 0 Å². The molecular formula is C13H16N2O. The fraction of sp³-hybridized carbons (Fsp3) is 0.385. The molecule has 2 heterocycles. The minimum atomic E-state index is 0.396. The van der Waals surface area contributed by atoms with Gasteiger partial charge in [0, 0.05) is 17.1 Å². The summed E-state index contributed by atoms with van der Waals surface area (Å²) >= 11 is 0. The number of hydrogen-bond donors (Lipinski definition) is 3. The van der Waals surface area contributed by atoms with E-state index in [9.17, 15) is 5.11 Å². The molecule has 0 bridgehead atoms. The predicted octanol–water partition coefficient (Wildman–Crippen LogP) is 2.34. The first-order valence-corrected chi connectivity index (χ1v) is 5.86. The van der Waals surface area contributed by atoms with E-state index in [0.717, 1.165) is 36.8 Å². The minimum Gasteiger partial charge on any atom is -0.507 e. The molecule has 3 nitrogen and oxygen atoms in total. The summed E-state index contributed by atoms with van der Waals surface area (Å²) < 4.78 is 0. The third-order valence-corrected chi connectivity index (χ3v) is 3.49. The number of phenolic OH excluding ortho intramolecular Hbond substituents is 1. The summed E-state index contributed by atoms with van der Waals surface area (Å²) in [4.78, 5) is 3.25. The van der Waals surface area contributed by atoms with Crippen LogP contribution < -0.4 is 5.32 Å². The quantitative estimate of drug-likeness (QED) is 0.685. The fourth-order valence-corrected chi connectivity index (χ4v) is 2.65. The largest absolute Gasteiger partial charge is 0.507 e. The summed E-state index contributed by atoms with van der Waals surface area (Å²) in [5.41, 5.74) is 2.31. The lowest BCUT2D eigenvalue weighted by Crippen LogP contribution is -2.26. The van der Waals surface area contributed by atoms with Gasteiger partial charge in [-0.3, -0.25) is 0 Å². The number of aromatic hydroxyl groups is 1. The zero-order valence-electron chi connectivity index (χ0n) is 9.16. The van der Waals surface area contributed by atoms with Crippen molar-refractivity contribution in [1.29, 1.82) is 0 Å². The first kappa shape index (κ1) is 9.73. The monoisotopic (exact) mass is 216 g/mol. The Labute approximate surface area is 94.5 Å². The van der Waals surface area contributed by atoms with Crippen molar-refractivity contribution in [2.24, 2.45) is 0 Å². The smallest absolute Gasteiger partial charge is 0.125 e. The number of H-pyrrole nitrogens is 1. The van der Waals surface area contributed by atoms with Crippen LogP contribution in [0.2, 0.25) is 0 Å². The van der Waals surface area contributed by atoms with Crippen molar-refractivity contribution in [2.45, 2.75) is 18.8 Å². The van der Waals surface area contributed by atoms with E-state index in [-0.39, 0.29) is 0 Å². The molecule has 1 aromatic carbocycles. The third kappa shape index (κ3) is 1.48.